The number of ether oxygens (including phenoxy) is 1. The number of carbonyl (C=O) groups is 2. The Labute approximate surface area is 145 Å². The van der Waals surface area contributed by atoms with Crippen molar-refractivity contribution in [2.75, 3.05) is 11.9 Å². The molecule has 0 heterocycles. The summed E-state index contributed by atoms with van der Waals surface area (Å²) in [6, 6.07) is 12.2. The van der Waals surface area contributed by atoms with Gasteiger partial charge in [0.05, 0.1) is 4.47 Å². The molecule has 0 atom stereocenters. The van der Waals surface area contributed by atoms with E-state index in [-0.39, 0.29) is 18.3 Å². The molecular weight excluding hydrogens is 414 g/mol. The predicted molar refractivity (Wildman–Crippen MR) is 92.4 cm³/mol. The lowest BCUT2D eigenvalue weighted by Gasteiger charge is -2.09. The zero-order valence-corrected chi connectivity index (χ0v) is 14.9. The summed E-state index contributed by atoms with van der Waals surface area (Å²) in [5.41, 5.74) is 1.12. The second-order valence-electron chi connectivity index (χ2n) is 4.55. The summed E-state index contributed by atoms with van der Waals surface area (Å²) in [5.74, 6) is 0.234. The van der Waals surface area contributed by atoms with Crippen molar-refractivity contribution >= 4 is 49.2 Å². The summed E-state index contributed by atoms with van der Waals surface area (Å²) in [4.78, 5) is 23.2. The van der Waals surface area contributed by atoms with Gasteiger partial charge in [0.15, 0.2) is 12.4 Å². The van der Waals surface area contributed by atoms with Crippen LogP contribution in [0.5, 0.6) is 5.75 Å². The molecule has 0 aliphatic rings. The molecular formula is C16H13Br2NO3. The van der Waals surface area contributed by atoms with Crippen molar-refractivity contribution in [3.63, 3.8) is 0 Å². The van der Waals surface area contributed by atoms with Gasteiger partial charge in [0.1, 0.15) is 5.75 Å². The molecule has 2 aromatic rings. The minimum absolute atomic E-state index is 0.0499. The highest BCUT2D eigenvalue weighted by Gasteiger charge is 2.08. The molecule has 0 radical (unpaired) electrons. The molecule has 4 nitrogen and oxygen atoms in total. The monoisotopic (exact) mass is 425 g/mol. The van der Waals surface area contributed by atoms with Crippen LogP contribution in [0.25, 0.3) is 0 Å². The van der Waals surface area contributed by atoms with Crippen LogP contribution in [-0.4, -0.2) is 18.3 Å². The second-order valence-corrected chi connectivity index (χ2v) is 6.32. The number of benzene rings is 2. The average molecular weight is 427 g/mol. The summed E-state index contributed by atoms with van der Waals surface area (Å²) in [6.07, 6.45) is 0. The summed E-state index contributed by atoms with van der Waals surface area (Å²) in [5, 5.41) is 2.70. The van der Waals surface area contributed by atoms with E-state index in [1.165, 1.54) is 6.92 Å². The van der Waals surface area contributed by atoms with Gasteiger partial charge in [-0.1, -0.05) is 28.1 Å². The molecule has 0 saturated heterocycles. The quantitative estimate of drug-likeness (QED) is 0.719. The predicted octanol–water partition coefficient (Wildman–Crippen LogP) is 4.43. The van der Waals surface area contributed by atoms with E-state index in [4.69, 9.17) is 4.74 Å². The van der Waals surface area contributed by atoms with Gasteiger partial charge in [0.25, 0.3) is 5.91 Å². The topological polar surface area (TPSA) is 55.4 Å². The average Bonchev–Trinajstić information content (AvgIpc) is 2.46. The van der Waals surface area contributed by atoms with Crippen LogP contribution >= 0.6 is 31.9 Å². The van der Waals surface area contributed by atoms with Gasteiger partial charge in [0.2, 0.25) is 0 Å². The number of carbonyl (C=O) groups excluding carboxylic acids is 2. The van der Waals surface area contributed by atoms with Gasteiger partial charge in [-0.2, -0.15) is 0 Å². The first-order valence-corrected chi connectivity index (χ1v) is 8.03. The second kappa shape index (κ2) is 7.56. The molecule has 1 N–H and O–H groups in total. The van der Waals surface area contributed by atoms with Crippen molar-refractivity contribution < 1.29 is 14.3 Å². The zero-order valence-electron chi connectivity index (χ0n) is 11.7. The Morgan fingerprint density at radius 2 is 1.91 bits per heavy atom. The molecule has 0 saturated carbocycles. The van der Waals surface area contributed by atoms with Crippen molar-refractivity contribution in [1.82, 2.24) is 0 Å². The van der Waals surface area contributed by atoms with Crippen molar-refractivity contribution in [3.8, 4) is 5.75 Å². The zero-order chi connectivity index (χ0) is 16.1. The van der Waals surface area contributed by atoms with Gasteiger partial charge in [0, 0.05) is 15.7 Å². The maximum atomic E-state index is 11.9. The van der Waals surface area contributed by atoms with E-state index in [1.807, 2.05) is 12.1 Å². The van der Waals surface area contributed by atoms with Crippen molar-refractivity contribution in [2.24, 2.45) is 0 Å². The van der Waals surface area contributed by atoms with Gasteiger partial charge in [-0.3, -0.25) is 9.59 Å². The van der Waals surface area contributed by atoms with Gasteiger partial charge in [-0.05, 0) is 53.2 Å². The summed E-state index contributed by atoms with van der Waals surface area (Å²) in [7, 11) is 0. The van der Waals surface area contributed by atoms with E-state index in [0.717, 1.165) is 8.95 Å². The molecule has 0 spiro atoms. The number of anilines is 1. The molecule has 1 amide bonds. The van der Waals surface area contributed by atoms with Crippen LogP contribution in [0.3, 0.4) is 0 Å². The largest absolute Gasteiger partial charge is 0.483 e. The molecule has 22 heavy (non-hydrogen) atoms. The Kier molecular flexibility index (Phi) is 5.74. The van der Waals surface area contributed by atoms with Crippen LogP contribution in [0.4, 0.5) is 5.69 Å². The highest BCUT2D eigenvalue weighted by molar-refractivity contribution is 9.11. The number of amides is 1. The Bertz CT molecular complexity index is 716. The van der Waals surface area contributed by atoms with Crippen molar-refractivity contribution in [1.29, 1.82) is 0 Å². The van der Waals surface area contributed by atoms with E-state index in [0.29, 0.717) is 17.0 Å². The van der Waals surface area contributed by atoms with Crippen LogP contribution in [0.2, 0.25) is 0 Å². The molecule has 2 aromatic carbocycles. The highest BCUT2D eigenvalue weighted by atomic mass is 79.9. The van der Waals surface area contributed by atoms with E-state index >= 15 is 0 Å². The van der Waals surface area contributed by atoms with Crippen LogP contribution in [0, 0.1) is 0 Å². The van der Waals surface area contributed by atoms with Crippen molar-refractivity contribution in [3.05, 3.63) is 57.0 Å². The number of hydrogen-bond donors (Lipinski definition) is 1. The molecule has 0 aliphatic carbocycles. The number of Topliss-reactive ketones (excluding diaryl/α,β-unsaturated/α-hetero) is 1. The number of hydrogen-bond acceptors (Lipinski definition) is 3. The molecule has 0 aliphatic heterocycles. The molecule has 0 bridgehead atoms. The van der Waals surface area contributed by atoms with E-state index < -0.39 is 0 Å². The summed E-state index contributed by atoms with van der Waals surface area (Å²) >= 11 is 6.71. The van der Waals surface area contributed by atoms with Crippen LogP contribution in [0.15, 0.2) is 51.4 Å². The maximum absolute atomic E-state index is 11.9. The van der Waals surface area contributed by atoms with Gasteiger partial charge in [-0.15, -0.1) is 0 Å². The lowest BCUT2D eigenvalue weighted by molar-refractivity contribution is -0.118. The van der Waals surface area contributed by atoms with Crippen LogP contribution in [-0.2, 0) is 4.79 Å². The fraction of sp³-hybridized carbons (Fsp3) is 0.125. The van der Waals surface area contributed by atoms with Gasteiger partial charge < -0.3 is 10.1 Å². The van der Waals surface area contributed by atoms with Gasteiger partial charge in [-0.25, -0.2) is 0 Å². The molecule has 114 valence electrons. The number of nitrogens with one attached hydrogen (secondary N) is 1. The van der Waals surface area contributed by atoms with Crippen LogP contribution < -0.4 is 10.1 Å². The number of rotatable bonds is 5. The standard InChI is InChI=1S/C16H13Br2NO3/c1-10(20)11-3-2-4-13(7-11)19-16(21)9-22-15-6-5-12(17)8-14(15)18/h2-8H,9H2,1H3,(H,19,21). The third-order valence-corrected chi connectivity index (χ3v) is 3.92. The summed E-state index contributed by atoms with van der Waals surface area (Å²) in [6.45, 7) is 1.36. The lowest BCUT2D eigenvalue weighted by atomic mass is 10.1. The van der Waals surface area contributed by atoms with Gasteiger partial charge >= 0.3 is 0 Å². The Hall–Kier alpha value is -1.66. The molecule has 0 unspecified atom stereocenters. The first kappa shape index (κ1) is 16.7. The summed E-state index contributed by atoms with van der Waals surface area (Å²) < 4.78 is 7.13. The maximum Gasteiger partial charge on any atom is 0.262 e. The van der Waals surface area contributed by atoms with Crippen molar-refractivity contribution in [2.45, 2.75) is 6.92 Å². The fourth-order valence-electron chi connectivity index (χ4n) is 1.75. The third-order valence-electron chi connectivity index (χ3n) is 2.81. The lowest BCUT2D eigenvalue weighted by Crippen LogP contribution is -2.20. The molecule has 6 heteroatoms. The molecule has 2 rings (SSSR count). The third kappa shape index (κ3) is 4.68. The highest BCUT2D eigenvalue weighted by Crippen LogP contribution is 2.28. The first-order chi connectivity index (χ1) is 10.5. The van der Waals surface area contributed by atoms with E-state index in [9.17, 15) is 9.59 Å². The minimum atomic E-state index is -0.296. The van der Waals surface area contributed by atoms with E-state index in [1.54, 1.807) is 30.3 Å². The number of ketones is 1. The smallest absolute Gasteiger partial charge is 0.262 e. The Morgan fingerprint density at radius 1 is 1.14 bits per heavy atom. The SMILES string of the molecule is CC(=O)c1cccc(NC(=O)COc2ccc(Br)cc2Br)c1. The van der Waals surface area contributed by atoms with E-state index in [2.05, 4.69) is 37.2 Å². The normalized spacial score (nSPS) is 10.1. The Balaban J connectivity index is 1.95. The molecule has 0 fully saturated rings. The van der Waals surface area contributed by atoms with Crippen LogP contribution in [0.1, 0.15) is 17.3 Å². The number of halogens is 2. The fourth-order valence-corrected chi connectivity index (χ4v) is 2.91. The first-order valence-electron chi connectivity index (χ1n) is 6.44. The minimum Gasteiger partial charge on any atom is -0.483 e. The Morgan fingerprint density at radius 3 is 2.59 bits per heavy atom. The molecule has 0 aromatic heterocycles.